The number of carbonyl (C=O) groups excluding carboxylic acids is 1. The second kappa shape index (κ2) is 8.86. The van der Waals surface area contributed by atoms with Gasteiger partial charge >= 0.3 is 0 Å². The first-order chi connectivity index (χ1) is 13.4. The fraction of sp³-hybridized carbons (Fsp3) is 0.381. The van der Waals surface area contributed by atoms with E-state index in [2.05, 4.69) is 5.32 Å². The first-order valence-electron chi connectivity index (χ1n) is 9.41. The Hall–Kier alpha value is -2.22. The van der Waals surface area contributed by atoms with Gasteiger partial charge in [0.1, 0.15) is 0 Å². The van der Waals surface area contributed by atoms with Crippen LogP contribution in [0.2, 0.25) is 0 Å². The predicted octanol–water partition coefficient (Wildman–Crippen LogP) is 3.11. The van der Waals surface area contributed by atoms with E-state index < -0.39 is 10.0 Å². The molecule has 2 aromatic rings. The van der Waals surface area contributed by atoms with Gasteiger partial charge in [0, 0.05) is 18.8 Å². The van der Waals surface area contributed by atoms with E-state index in [1.165, 1.54) is 4.31 Å². The van der Waals surface area contributed by atoms with Gasteiger partial charge in [-0.05, 0) is 56.0 Å². The van der Waals surface area contributed by atoms with Crippen molar-refractivity contribution in [2.45, 2.75) is 37.7 Å². The van der Waals surface area contributed by atoms with E-state index in [4.69, 9.17) is 4.74 Å². The molecule has 0 aliphatic carbocycles. The van der Waals surface area contributed by atoms with Gasteiger partial charge in [-0.2, -0.15) is 4.31 Å². The maximum Gasteiger partial charge on any atom is 0.243 e. The van der Waals surface area contributed by atoms with Crippen LogP contribution in [0.1, 0.15) is 24.0 Å². The van der Waals surface area contributed by atoms with Crippen LogP contribution in [0.5, 0.6) is 0 Å². The summed E-state index contributed by atoms with van der Waals surface area (Å²) in [5.74, 6) is -0.369. The van der Waals surface area contributed by atoms with Crippen LogP contribution in [-0.4, -0.2) is 44.4 Å². The van der Waals surface area contributed by atoms with Gasteiger partial charge in [-0.15, -0.1) is 0 Å². The lowest BCUT2D eigenvalue weighted by atomic mass is 10.1. The van der Waals surface area contributed by atoms with E-state index in [-0.39, 0.29) is 30.0 Å². The molecule has 1 unspecified atom stereocenters. The first kappa shape index (κ1) is 20.5. The summed E-state index contributed by atoms with van der Waals surface area (Å²) in [6.45, 7) is 4.42. The summed E-state index contributed by atoms with van der Waals surface area (Å²) in [5, 5.41) is 2.84. The number of anilines is 1. The fourth-order valence-corrected chi connectivity index (χ4v) is 4.69. The van der Waals surface area contributed by atoms with Crippen LogP contribution in [0.15, 0.2) is 53.4 Å². The second-order valence-corrected chi connectivity index (χ2v) is 8.98. The topological polar surface area (TPSA) is 75.7 Å². The van der Waals surface area contributed by atoms with Crippen molar-refractivity contribution in [3.8, 4) is 0 Å². The van der Waals surface area contributed by atoms with Gasteiger partial charge in [0.2, 0.25) is 15.9 Å². The third kappa shape index (κ3) is 4.79. The van der Waals surface area contributed by atoms with Gasteiger partial charge < -0.3 is 10.1 Å². The predicted molar refractivity (Wildman–Crippen MR) is 109 cm³/mol. The van der Waals surface area contributed by atoms with E-state index >= 15 is 0 Å². The molecule has 1 aliphatic heterocycles. The molecule has 6 nitrogen and oxygen atoms in total. The minimum Gasteiger partial charge on any atom is -0.377 e. The van der Waals surface area contributed by atoms with Crippen molar-refractivity contribution in [2.75, 3.05) is 25.0 Å². The molecule has 1 amide bonds. The Kier molecular flexibility index (Phi) is 6.49. The molecule has 0 aromatic heterocycles. The normalized spacial score (nSPS) is 17.0. The number of rotatable bonds is 7. The van der Waals surface area contributed by atoms with Crippen molar-refractivity contribution in [1.29, 1.82) is 0 Å². The van der Waals surface area contributed by atoms with Gasteiger partial charge in [0.15, 0.2) is 0 Å². The average Bonchev–Trinajstić information content (AvgIpc) is 3.19. The highest BCUT2D eigenvalue weighted by Gasteiger charge is 2.30. The van der Waals surface area contributed by atoms with E-state index in [0.29, 0.717) is 12.3 Å². The molecule has 2 aromatic carbocycles. The van der Waals surface area contributed by atoms with Crippen LogP contribution in [0.3, 0.4) is 0 Å². The van der Waals surface area contributed by atoms with Gasteiger partial charge in [0.05, 0.1) is 17.5 Å². The SMILES string of the molecule is Cc1cccc(NC(=O)CN(CC2CCCO2)S(=O)(=O)c2ccccc2)c1C. The quantitative estimate of drug-likeness (QED) is 0.772. The Labute approximate surface area is 166 Å². The maximum absolute atomic E-state index is 13.1. The lowest BCUT2D eigenvalue weighted by Crippen LogP contribution is -2.42. The maximum atomic E-state index is 13.1. The van der Waals surface area contributed by atoms with Crippen LogP contribution in [0.25, 0.3) is 0 Å². The molecule has 1 saturated heterocycles. The molecule has 1 N–H and O–H groups in total. The molecule has 1 fully saturated rings. The highest BCUT2D eigenvalue weighted by molar-refractivity contribution is 7.89. The molecule has 0 bridgehead atoms. The Bertz CT molecular complexity index is 923. The number of nitrogens with zero attached hydrogens (tertiary/aromatic N) is 1. The average molecular weight is 403 g/mol. The van der Waals surface area contributed by atoms with Crippen molar-refractivity contribution in [3.05, 3.63) is 59.7 Å². The van der Waals surface area contributed by atoms with Gasteiger partial charge in [-0.1, -0.05) is 30.3 Å². The summed E-state index contributed by atoms with van der Waals surface area (Å²) < 4.78 is 33.1. The van der Waals surface area contributed by atoms with Crippen molar-refractivity contribution in [3.63, 3.8) is 0 Å². The number of hydrogen-bond acceptors (Lipinski definition) is 4. The summed E-state index contributed by atoms with van der Waals surface area (Å²) >= 11 is 0. The highest BCUT2D eigenvalue weighted by Crippen LogP contribution is 2.21. The van der Waals surface area contributed by atoms with Gasteiger partial charge in [-0.3, -0.25) is 4.79 Å². The number of benzene rings is 2. The number of carbonyl (C=O) groups is 1. The number of amides is 1. The van der Waals surface area contributed by atoms with Crippen molar-refractivity contribution in [1.82, 2.24) is 4.31 Å². The van der Waals surface area contributed by atoms with E-state index in [0.717, 1.165) is 24.0 Å². The molecular formula is C21H26N2O4S. The smallest absolute Gasteiger partial charge is 0.243 e. The largest absolute Gasteiger partial charge is 0.377 e. The molecule has 7 heteroatoms. The molecule has 1 aliphatic rings. The third-order valence-electron chi connectivity index (χ3n) is 5.01. The van der Waals surface area contributed by atoms with E-state index in [1.807, 2.05) is 32.0 Å². The summed E-state index contributed by atoms with van der Waals surface area (Å²) in [4.78, 5) is 12.9. The van der Waals surface area contributed by atoms with Crippen LogP contribution in [0, 0.1) is 13.8 Å². The zero-order chi connectivity index (χ0) is 20.1. The Balaban J connectivity index is 1.80. The van der Waals surface area contributed by atoms with Crippen molar-refractivity contribution >= 4 is 21.6 Å². The van der Waals surface area contributed by atoms with E-state index in [1.54, 1.807) is 30.3 Å². The first-order valence-corrected chi connectivity index (χ1v) is 10.8. The minimum atomic E-state index is -3.80. The molecule has 28 heavy (non-hydrogen) atoms. The van der Waals surface area contributed by atoms with Gasteiger partial charge in [-0.25, -0.2) is 8.42 Å². The monoisotopic (exact) mass is 402 g/mol. The number of aryl methyl sites for hydroxylation is 1. The summed E-state index contributed by atoms with van der Waals surface area (Å²) in [6, 6.07) is 13.8. The van der Waals surface area contributed by atoms with E-state index in [9.17, 15) is 13.2 Å². The molecule has 150 valence electrons. The molecular weight excluding hydrogens is 376 g/mol. The lowest BCUT2D eigenvalue weighted by molar-refractivity contribution is -0.116. The van der Waals surface area contributed by atoms with Gasteiger partial charge in [0.25, 0.3) is 0 Å². The zero-order valence-corrected chi connectivity index (χ0v) is 17.0. The van der Waals surface area contributed by atoms with Crippen LogP contribution >= 0.6 is 0 Å². The van der Waals surface area contributed by atoms with Crippen LogP contribution in [-0.2, 0) is 19.6 Å². The molecule has 0 spiro atoms. The lowest BCUT2D eigenvalue weighted by Gasteiger charge is -2.24. The van der Waals surface area contributed by atoms with Crippen LogP contribution < -0.4 is 5.32 Å². The molecule has 1 heterocycles. The summed E-state index contributed by atoms with van der Waals surface area (Å²) in [7, 11) is -3.80. The number of nitrogens with one attached hydrogen (secondary N) is 1. The molecule has 0 saturated carbocycles. The molecule has 0 radical (unpaired) electrons. The second-order valence-electron chi connectivity index (χ2n) is 7.04. The Morgan fingerprint density at radius 3 is 2.57 bits per heavy atom. The summed E-state index contributed by atoms with van der Waals surface area (Å²) in [5.41, 5.74) is 2.72. The standard InChI is InChI=1S/C21H26N2O4S/c1-16-8-6-12-20(17(16)2)22-21(24)15-23(14-18-9-7-13-27-18)28(25,26)19-10-4-3-5-11-19/h3-6,8,10-12,18H,7,9,13-15H2,1-2H3,(H,22,24). The molecule has 3 rings (SSSR count). The van der Waals surface area contributed by atoms with Crippen molar-refractivity contribution in [2.24, 2.45) is 0 Å². The number of hydrogen-bond donors (Lipinski definition) is 1. The fourth-order valence-electron chi connectivity index (χ4n) is 3.24. The highest BCUT2D eigenvalue weighted by atomic mass is 32.2. The number of sulfonamides is 1. The third-order valence-corrected chi connectivity index (χ3v) is 6.84. The number of ether oxygens (including phenoxy) is 1. The summed E-state index contributed by atoms with van der Waals surface area (Å²) in [6.07, 6.45) is 1.50. The van der Waals surface area contributed by atoms with Crippen LogP contribution in [0.4, 0.5) is 5.69 Å². The van der Waals surface area contributed by atoms with Crippen molar-refractivity contribution < 1.29 is 17.9 Å². The minimum absolute atomic E-state index is 0.164. The molecule has 1 atom stereocenters. The Morgan fingerprint density at radius 2 is 1.89 bits per heavy atom. The Morgan fingerprint density at radius 1 is 1.14 bits per heavy atom. The zero-order valence-electron chi connectivity index (χ0n) is 16.2.